The second-order valence-corrected chi connectivity index (χ2v) is 8.01. The number of nitrogens with one attached hydrogen (secondary N) is 1. The van der Waals surface area contributed by atoms with Crippen LogP contribution in [-0.2, 0) is 11.2 Å². The van der Waals surface area contributed by atoms with E-state index in [2.05, 4.69) is 48.2 Å². The normalized spacial score (nSPS) is 19.2. The first kappa shape index (κ1) is 19.6. The smallest absolute Gasteiger partial charge is 0.267 e. The van der Waals surface area contributed by atoms with E-state index in [0.29, 0.717) is 6.04 Å². The summed E-state index contributed by atoms with van der Waals surface area (Å²) in [5.74, 6) is -0.519. The molecule has 1 fully saturated rings. The Balaban J connectivity index is 1.41. The molecule has 1 unspecified atom stereocenters. The lowest BCUT2D eigenvalue weighted by Crippen LogP contribution is -2.24. The monoisotopic (exact) mass is 388 g/mol. The van der Waals surface area contributed by atoms with Crippen molar-refractivity contribution in [3.63, 3.8) is 0 Å². The molecule has 1 aliphatic heterocycles. The second kappa shape index (κ2) is 8.76. The van der Waals surface area contributed by atoms with Crippen LogP contribution in [0.4, 0.5) is 0 Å². The van der Waals surface area contributed by atoms with Gasteiger partial charge in [0.05, 0.1) is 0 Å². The van der Waals surface area contributed by atoms with Crippen molar-refractivity contribution in [3.05, 3.63) is 82.4 Å². The van der Waals surface area contributed by atoms with E-state index in [1.807, 2.05) is 12.1 Å². The Morgan fingerprint density at radius 3 is 2.79 bits per heavy atom. The fourth-order valence-electron chi connectivity index (χ4n) is 4.70. The number of nitrogens with zero attached hydrogens (tertiary/aromatic N) is 1. The number of likely N-dealkylation sites (tertiary alicyclic amines) is 1. The summed E-state index contributed by atoms with van der Waals surface area (Å²) in [5.41, 5.74) is 9.87. The van der Waals surface area contributed by atoms with Gasteiger partial charge in [0.15, 0.2) is 0 Å². The van der Waals surface area contributed by atoms with Gasteiger partial charge < -0.3 is 0 Å². The highest BCUT2D eigenvalue weighted by atomic mass is 16.5. The number of hydroxylamine groups is 1. The highest BCUT2D eigenvalue weighted by Gasteiger charge is 2.27. The van der Waals surface area contributed by atoms with Crippen molar-refractivity contribution in [2.24, 2.45) is 0 Å². The maximum absolute atomic E-state index is 11.1. The third-order valence-electron chi connectivity index (χ3n) is 6.18. The van der Waals surface area contributed by atoms with E-state index < -0.39 is 5.91 Å². The van der Waals surface area contributed by atoms with Crippen molar-refractivity contribution >= 4 is 17.6 Å². The molecular formula is C25H28N2O2. The first-order valence-corrected chi connectivity index (χ1v) is 10.4. The lowest BCUT2D eigenvalue weighted by atomic mass is 10.0. The largest absolute Gasteiger partial charge is 0.296 e. The second-order valence-electron chi connectivity index (χ2n) is 8.01. The molecule has 1 aliphatic carbocycles. The van der Waals surface area contributed by atoms with Crippen molar-refractivity contribution in [2.75, 3.05) is 13.1 Å². The molecule has 1 heterocycles. The number of carbonyl (C=O) groups excluding carboxylic acids is 1. The fourth-order valence-corrected chi connectivity index (χ4v) is 4.70. The van der Waals surface area contributed by atoms with Crippen LogP contribution in [0.25, 0.3) is 11.6 Å². The van der Waals surface area contributed by atoms with Gasteiger partial charge in [-0.2, -0.15) is 0 Å². The maximum Gasteiger partial charge on any atom is 0.267 e. The number of amides is 1. The number of rotatable bonds is 6. The molecular weight excluding hydrogens is 360 g/mol. The first-order chi connectivity index (χ1) is 14.2. The Morgan fingerprint density at radius 1 is 1.21 bits per heavy atom. The van der Waals surface area contributed by atoms with Gasteiger partial charge in [-0.3, -0.25) is 14.9 Å². The summed E-state index contributed by atoms with van der Waals surface area (Å²) in [7, 11) is 0. The zero-order valence-corrected chi connectivity index (χ0v) is 16.9. The van der Waals surface area contributed by atoms with Crippen molar-refractivity contribution in [2.45, 2.75) is 38.6 Å². The summed E-state index contributed by atoms with van der Waals surface area (Å²) in [5, 5.41) is 8.57. The molecule has 0 aromatic heterocycles. The predicted molar refractivity (Wildman–Crippen MR) is 116 cm³/mol. The summed E-state index contributed by atoms with van der Waals surface area (Å²) in [6.45, 7) is 4.51. The minimum Gasteiger partial charge on any atom is -0.296 e. The number of fused-ring (bicyclic) bond motifs is 1. The van der Waals surface area contributed by atoms with Gasteiger partial charge in [0, 0.05) is 18.7 Å². The van der Waals surface area contributed by atoms with E-state index in [0.717, 1.165) is 31.5 Å². The molecule has 1 saturated heterocycles. The van der Waals surface area contributed by atoms with Crippen LogP contribution < -0.4 is 5.48 Å². The van der Waals surface area contributed by atoms with Gasteiger partial charge in [-0.05, 0) is 73.1 Å². The average molecular weight is 389 g/mol. The lowest BCUT2D eigenvalue weighted by molar-refractivity contribution is -0.124. The highest BCUT2D eigenvalue weighted by molar-refractivity contribution is 5.90. The molecule has 0 radical (unpaired) electrons. The SMILES string of the molecule is CC1=C(CCN2CCCC2c2ccc(/C=C/C(=O)NO)cc2)c2ccccc2C1. The van der Waals surface area contributed by atoms with Crippen molar-refractivity contribution < 1.29 is 10.0 Å². The highest BCUT2D eigenvalue weighted by Crippen LogP contribution is 2.37. The molecule has 2 aromatic rings. The molecule has 1 atom stereocenters. The molecule has 29 heavy (non-hydrogen) atoms. The van der Waals surface area contributed by atoms with Crippen LogP contribution in [-0.4, -0.2) is 29.1 Å². The van der Waals surface area contributed by atoms with Gasteiger partial charge in [-0.1, -0.05) is 54.1 Å². The molecule has 4 rings (SSSR count). The Hall–Kier alpha value is -2.69. The van der Waals surface area contributed by atoms with Crippen LogP contribution in [0.2, 0.25) is 0 Å². The standard InChI is InChI=1S/C25H28N2O2/c1-18-17-21-5-2-3-6-23(21)22(18)14-16-27-15-4-7-24(27)20-11-8-19(9-12-20)10-13-25(28)26-29/h2-3,5-6,8-13,24,29H,4,7,14-17H2,1H3,(H,26,28)/b13-10+. The topological polar surface area (TPSA) is 52.6 Å². The zero-order chi connectivity index (χ0) is 20.2. The van der Waals surface area contributed by atoms with Crippen LogP contribution in [0.15, 0.2) is 60.2 Å². The van der Waals surface area contributed by atoms with Crippen molar-refractivity contribution in [1.82, 2.24) is 10.4 Å². The van der Waals surface area contributed by atoms with E-state index >= 15 is 0 Å². The average Bonchev–Trinajstić information content (AvgIpc) is 3.34. The summed E-state index contributed by atoms with van der Waals surface area (Å²) in [6.07, 6.45) is 7.66. The summed E-state index contributed by atoms with van der Waals surface area (Å²) in [6, 6.07) is 17.7. The van der Waals surface area contributed by atoms with Gasteiger partial charge in [-0.15, -0.1) is 0 Å². The molecule has 2 aromatic carbocycles. The van der Waals surface area contributed by atoms with E-state index in [1.54, 1.807) is 11.6 Å². The molecule has 150 valence electrons. The molecule has 0 spiro atoms. The van der Waals surface area contributed by atoms with Crippen LogP contribution in [0, 0.1) is 0 Å². The molecule has 4 heteroatoms. The zero-order valence-electron chi connectivity index (χ0n) is 16.9. The van der Waals surface area contributed by atoms with E-state index in [1.165, 1.54) is 46.8 Å². The Bertz CT molecular complexity index is 944. The number of carbonyl (C=O) groups is 1. The number of hydrogen-bond acceptors (Lipinski definition) is 3. The van der Waals surface area contributed by atoms with Gasteiger partial charge in [0.25, 0.3) is 5.91 Å². The third-order valence-corrected chi connectivity index (χ3v) is 6.18. The minimum absolute atomic E-state index is 0.464. The first-order valence-electron chi connectivity index (χ1n) is 10.4. The fraction of sp³-hybridized carbons (Fsp3) is 0.320. The number of hydrogen-bond donors (Lipinski definition) is 2. The van der Waals surface area contributed by atoms with E-state index in [4.69, 9.17) is 5.21 Å². The third kappa shape index (κ3) is 4.34. The molecule has 2 N–H and O–H groups in total. The van der Waals surface area contributed by atoms with E-state index in [9.17, 15) is 4.79 Å². The minimum atomic E-state index is -0.519. The molecule has 0 saturated carbocycles. The Labute approximate surface area is 172 Å². The van der Waals surface area contributed by atoms with Crippen molar-refractivity contribution in [3.8, 4) is 0 Å². The maximum atomic E-state index is 11.1. The molecule has 2 aliphatic rings. The Kier molecular flexibility index (Phi) is 5.93. The summed E-state index contributed by atoms with van der Waals surface area (Å²) in [4.78, 5) is 13.7. The molecule has 4 nitrogen and oxygen atoms in total. The predicted octanol–water partition coefficient (Wildman–Crippen LogP) is 4.76. The van der Waals surface area contributed by atoms with Gasteiger partial charge in [-0.25, -0.2) is 5.48 Å². The van der Waals surface area contributed by atoms with Gasteiger partial charge >= 0.3 is 0 Å². The van der Waals surface area contributed by atoms with Gasteiger partial charge in [0.1, 0.15) is 0 Å². The summed E-state index contributed by atoms with van der Waals surface area (Å²) < 4.78 is 0. The van der Waals surface area contributed by atoms with Crippen LogP contribution >= 0.6 is 0 Å². The quantitative estimate of drug-likeness (QED) is 0.426. The summed E-state index contributed by atoms with van der Waals surface area (Å²) >= 11 is 0. The van der Waals surface area contributed by atoms with Crippen LogP contribution in [0.5, 0.6) is 0 Å². The lowest BCUT2D eigenvalue weighted by Gasteiger charge is -2.25. The van der Waals surface area contributed by atoms with Crippen LogP contribution in [0.3, 0.4) is 0 Å². The van der Waals surface area contributed by atoms with Gasteiger partial charge in [0.2, 0.25) is 0 Å². The van der Waals surface area contributed by atoms with E-state index in [-0.39, 0.29) is 0 Å². The number of benzene rings is 2. The number of allylic oxidation sites excluding steroid dienone is 1. The van der Waals surface area contributed by atoms with Crippen LogP contribution in [0.1, 0.15) is 54.5 Å². The Morgan fingerprint density at radius 2 is 2.00 bits per heavy atom. The molecule has 1 amide bonds. The molecule has 0 bridgehead atoms. The van der Waals surface area contributed by atoms with Crippen molar-refractivity contribution in [1.29, 1.82) is 0 Å².